The maximum Gasteiger partial charge on any atom is 0.156 e. The van der Waals surface area contributed by atoms with Gasteiger partial charge in [-0.3, -0.25) is 5.10 Å². The van der Waals surface area contributed by atoms with E-state index in [2.05, 4.69) is 20.5 Å². The lowest BCUT2D eigenvalue weighted by molar-refractivity contribution is 0.477. The number of anilines is 3. The molecule has 0 aliphatic rings. The normalized spacial score (nSPS) is 10.9. The number of benzene rings is 2. The molecule has 6 nitrogen and oxygen atoms in total. The number of pyridine rings is 1. The molecule has 4 rings (SSSR count). The molecule has 0 spiro atoms. The molecule has 0 atom stereocenters. The van der Waals surface area contributed by atoms with Crippen molar-refractivity contribution < 1.29 is 5.11 Å². The lowest BCUT2D eigenvalue weighted by atomic mass is 10.0. The van der Waals surface area contributed by atoms with Crippen molar-refractivity contribution in [3.05, 3.63) is 60.3 Å². The Morgan fingerprint density at radius 1 is 1.04 bits per heavy atom. The molecule has 2 aromatic heterocycles. The number of rotatable bonds is 3. The highest BCUT2D eigenvalue weighted by molar-refractivity contribution is 6.06. The minimum atomic E-state index is 0.172. The fourth-order valence-electron chi connectivity index (χ4n) is 2.90. The summed E-state index contributed by atoms with van der Waals surface area (Å²) in [5.41, 5.74) is 10.2. The van der Waals surface area contributed by atoms with Gasteiger partial charge in [-0.15, -0.1) is 0 Å². The molecule has 0 aliphatic carbocycles. The quantitative estimate of drug-likeness (QED) is 0.455. The fourth-order valence-corrected chi connectivity index (χ4v) is 2.90. The van der Waals surface area contributed by atoms with E-state index in [0.29, 0.717) is 22.7 Å². The number of aromatic hydroxyl groups is 1. The molecule has 0 aliphatic heterocycles. The van der Waals surface area contributed by atoms with Crippen molar-refractivity contribution in [1.82, 2.24) is 15.2 Å². The van der Waals surface area contributed by atoms with Crippen molar-refractivity contribution in [2.45, 2.75) is 6.92 Å². The number of H-pyrrole nitrogens is 1. The maximum atomic E-state index is 10.2. The predicted molar refractivity (Wildman–Crippen MR) is 99.9 cm³/mol. The van der Waals surface area contributed by atoms with Gasteiger partial charge >= 0.3 is 0 Å². The molecule has 0 unspecified atom stereocenters. The average molecular weight is 331 g/mol. The van der Waals surface area contributed by atoms with Crippen LogP contribution >= 0.6 is 0 Å². The standard InChI is InChI=1S/C19H17N5O/c1-11-6-2-4-8-14(11)22-19-17-16(18(20)24-23-17)13(10-21-19)12-7-3-5-9-15(12)25/h2-10,25H,1H3,(H,21,22)(H3,20,23,24). The van der Waals surface area contributed by atoms with Gasteiger partial charge in [0, 0.05) is 23.0 Å². The zero-order valence-corrected chi connectivity index (χ0v) is 13.6. The molecule has 4 aromatic rings. The molecule has 5 N–H and O–H groups in total. The number of phenolic OH excluding ortho intramolecular Hbond substituents is 1. The van der Waals surface area contributed by atoms with Crippen molar-refractivity contribution in [3.63, 3.8) is 0 Å². The summed E-state index contributed by atoms with van der Waals surface area (Å²) in [7, 11) is 0. The molecule has 2 heterocycles. The first-order valence-corrected chi connectivity index (χ1v) is 7.88. The third-order valence-electron chi connectivity index (χ3n) is 4.22. The third kappa shape index (κ3) is 2.53. The van der Waals surface area contributed by atoms with Crippen LogP contribution in [0.4, 0.5) is 17.3 Å². The molecule has 25 heavy (non-hydrogen) atoms. The average Bonchev–Trinajstić information content (AvgIpc) is 3.01. The minimum Gasteiger partial charge on any atom is -0.507 e. The summed E-state index contributed by atoms with van der Waals surface area (Å²) in [6, 6.07) is 15.1. The van der Waals surface area contributed by atoms with Crippen molar-refractivity contribution in [2.24, 2.45) is 0 Å². The van der Waals surface area contributed by atoms with Crippen LogP contribution in [0, 0.1) is 6.92 Å². The lowest BCUT2D eigenvalue weighted by Crippen LogP contribution is -1.98. The number of aryl methyl sites for hydroxylation is 1. The summed E-state index contributed by atoms with van der Waals surface area (Å²) >= 11 is 0. The highest BCUT2D eigenvalue weighted by Crippen LogP contribution is 2.38. The van der Waals surface area contributed by atoms with E-state index in [1.54, 1.807) is 18.3 Å². The van der Waals surface area contributed by atoms with Gasteiger partial charge in [-0.2, -0.15) is 5.10 Å². The van der Waals surface area contributed by atoms with Crippen molar-refractivity contribution in [1.29, 1.82) is 0 Å². The maximum absolute atomic E-state index is 10.2. The van der Waals surface area contributed by atoms with Gasteiger partial charge in [0.05, 0.1) is 5.39 Å². The molecule has 0 radical (unpaired) electrons. The Hall–Kier alpha value is -3.54. The number of hydrogen-bond acceptors (Lipinski definition) is 5. The topological polar surface area (TPSA) is 99.8 Å². The summed E-state index contributed by atoms with van der Waals surface area (Å²) in [5, 5.41) is 21.3. The Morgan fingerprint density at radius 2 is 1.80 bits per heavy atom. The number of nitrogen functional groups attached to an aromatic ring is 1. The first kappa shape index (κ1) is 15.0. The first-order valence-electron chi connectivity index (χ1n) is 7.88. The number of aromatic amines is 1. The number of nitrogens with one attached hydrogen (secondary N) is 2. The third-order valence-corrected chi connectivity index (χ3v) is 4.22. The van der Waals surface area contributed by atoms with Gasteiger partial charge < -0.3 is 16.2 Å². The predicted octanol–water partition coefficient (Wildman–Crippen LogP) is 3.96. The van der Waals surface area contributed by atoms with Crippen molar-refractivity contribution in [3.8, 4) is 16.9 Å². The summed E-state index contributed by atoms with van der Waals surface area (Å²) in [4.78, 5) is 4.53. The second-order valence-electron chi connectivity index (χ2n) is 5.84. The summed E-state index contributed by atoms with van der Waals surface area (Å²) in [5.74, 6) is 1.17. The Kier molecular flexibility index (Phi) is 3.50. The molecule has 0 saturated heterocycles. The summed E-state index contributed by atoms with van der Waals surface area (Å²) in [6.45, 7) is 2.03. The Bertz CT molecular complexity index is 1070. The van der Waals surface area contributed by atoms with Crippen LogP contribution < -0.4 is 11.1 Å². The second kappa shape index (κ2) is 5.83. The van der Waals surface area contributed by atoms with Crippen LogP contribution in [0.25, 0.3) is 22.0 Å². The molecule has 0 fully saturated rings. The number of nitrogens with two attached hydrogens (primary N) is 1. The van der Waals surface area contributed by atoms with Crippen LogP contribution in [0.2, 0.25) is 0 Å². The number of aromatic nitrogens is 3. The van der Waals surface area contributed by atoms with Crippen LogP contribution in [-0.2, 0) is 0 Å². The molecule has 124 valence electrons. The number of fused-ring (bicyclic) bond motifs is 1. The van der Waals surface area contributed by atoms with Crippen LogP contribution in [0.5, 0.6) is 5.75 Å². The number of hydrogen-bond donors (Lipinski definition) is 4. The molecule has 0 bridgehead atoms. The van der Waals surface area contributed by atoms with E-state index in [9.17, 15) is 5.11 Å². The lowest BCUT2D eigenvalue weighted by Gasteiger charge is -2.12. The number of phenols is 1. The first-order chi connectivity index (χ1) is 12.1. The highest BCUT2D eigenvalue weighted by atomic mass is 16.3. The SMILES string of the molecule is Cc1ccccc1Nc1ncc(-c2ccccc2O)c2c(N)n[nH]c12. The molecular weight excluding hydrogens is 314 g/mol. The molecule has 6 heteroatoms. The zero-order chi connectivity index (χ0) is 17.4. The summed E-state index contributed by atoms with van der Waals surface area (Å²) < 4.78 is 0. The van der Waals surface area contributed by atoms with E-state index in [-0.39, 0.29) is 5.75 Å². The van der Waals surface area contributed by atoms with Gasteiger partial charge in [-0.05, 0) is 24.6 Å². The Labute approximate surface area is 144 Å². The zero-order valence-electron chi connectivity index (χ0n) is 13.6. The molecule has 2 aromatic carbocycles. The van der Waals surface area contributed by atoms with E-state index < -0.39 is 0 Å². The van der Waals surface area contributed by atoms with E-state index in [1.807, 2.05) is 43.3 Å². The van der Waals surface area contributed by atoms with E-state index >= 15 is 0 Å². The number of nitrogens with zero attached hydrogens (tertiary/aromatic N) is 2. The molecule has 0 amide bonds. The Balaban J connectivity index is 1.89. The Morgan fingerprint density at radius 3 is 2.60 bits per heavy atom. The van der Waals surface area contributed by atoms with Gasteiger partial charge in [-0.1, -0.05) is 36.4 Å². The van der Waals surface area contributed by atoms with E-state index in [1.165, 1.54) is 0 Å². The van der Waals surface area contributed by atoms with Crippen molar-refractivity contribution in [2.75, 3.05) is 11.1 Å². The van der Waals surface area contributed by atoms with Gasteiger partial charge in [0.15, 0.2) is 11.6 Å². The van der Waals surface area contributed by atoms with E-state index in [4.69, 9.17) is 5.73 Å². The van der Waals surface area contributed by atoms with Gasteiger partial charge in [0.1, 0.15) is 11.3 Å². The minimum absolute atomic E-state index is 0.172. The highest BCUT2D eigenvalue weighted by Gasteiger charge is 2.17. The smallest absolute Gasteiger partial charge is 0.156 e. The second-order valence-corrected chi connectivity index (χ2v) is 5.84. The van der Waals surface area contributed by atoms with Crippen LogP contribution in [0.15, 0.2) is 54.7 Å². The molecule has 0 saturated carbocycles. The van der Waals surface area contributed by atoms with E-state index in [0.717, 1.165) is 22.2 Å². The van der Waals surface area contributed by atoms with Crippen molar-refractivity contribution >= 4 is 28.2 Å². The monoisotopic (exact) mass is 331 g/mol. The van der Waals surface area contributed by atoms with Crippen LogP contribution in [0.1, 0.15) is 5.56 Å². The number of para-hydroxylation sites is 2. The van der Waals surface area contributed by atoms with Gasteiger partial charge in [0.25, 0.3) is 0 Å². The summed E-state index contributed by atoms with van der Waals surface area (Å²) in [6.07, 6.45) is 1.70. The van der Waals surface area contributed by atoms with Gasteiger partial charge in [0.2, 0.25) is 0 Å². The van der Waals surface area contributed by atoms with Crippen LogP contribution in [0.3, 0.4) is 0 Å². The van der Waals surface area contributed by atoms with Crippen LogP contribution in [-0.4, -0.2) is 20.3 Å². The largest absolute Gasteiger partial charge is 0.507 e. The molecular formula is C19H17N5O. The van der Waals surface area contributed by atoms with Gasteiger partial charge in [-0.25, -0.2) is 4.98 Å². The fraction of sp³-hybridized carbons (Fsp3) is 0.0526.